The van der Waals surface area contributed by atoms with Crippen LogP contribution in [-0.4, -0.2) is 16.1 Å². The lowest BCUT2D eigenvalue weighted by Gasteiger charge is -2.29. The minimum absolute atomic E-state index is 0.0169. The fourth-order valence-corrected chi connectivity index (χ4v) is 7.83. The highest BCUT2D eigenvalue weighted by Crippen LogP contribution is 2.50. The molecule has 5 rings (SSSR count). The molecule has 0 N–H and O–H groups in total. The van der Waals surface area contributed by atoms with Crippen LogP contribution in [0.25, 0.3) is 11.1 Å². The van der Waals surface area contributed by atoms with Gasteiger partial charge in [0.15, 0.2) is 0 Å². The van der Waals surface area contributed by atoms with Gasteiger partial charge in [-0.1, -0.05) is 118 Å². The molecule has 0 saturated heterocycles. The van der Waals surface area contributed by atoms with Crippen molar-refractivity contribution in [2.24, 2.45) is 0 Å². The molecule has 0 amide bonds. The summed E-state index contributed by atoms with van der Waals surface area (Å²) in [7, 11) is -2.72. The van der Waals surface area contributed by atoms with Crippen molar-refractivity contribution in [2.75, 3.05) is 4.90 Å². The first-order valence-corrected chi connectivity index (χ1v) is 20.1. The van der Waals surface area contributed by atoms with Crippen molar-refractivity contribution in [1.29, 1.82) is 0 Å². The lowest BCUT2D eigenvalue weighted by molar-refractivity contribution is 0.660. The standard InChI is InChI=1S/C33H39NSi2/c1-33(2)31-12-10-9-11-29(31)30-22-17-26(23-32(30)33)34(24-13-18-27(19-14-24)35(3,4)5)25-15-20-28(21-16-25)36(6,7)8/h9-23H,1-8H3. The van der Waals surface area contributed by atoms with Gasteiger partial charge in [0.1, 0.15) is 0 Å². The summed E-state index contributed by atoms with van der Waals surface area (Å²) in [6.07, 6.45) is 0. The summed E-state index contributed by atoms with van der Waals surface area (Å²) in [6, 6.07) is 34.6. The van der Waals surface area contributed by atoms with Crippen molar-refractivity contribution >= 4 is 43.6 Å². The minimum atomic E-state index is -1.36. The zero-order valence-corrected chi connectivity index (χ0v) is 25.1. The van der Waals surface area contributed by atoms with Gasteiger partial charge in [-0.3, -0.25) is 0 Å². The van der Waals surface area contributed by atoms with Crippen LogP contribution in [0.2, 0.25) is 39.3 Å². The van der Waals surface area contributed by atoms with Crippen LogP contribution in [0, 0.1) is 0 Å². The van der Waals surface area contributed by atoms with Gasteiger partial charge in [0.05, 0.1) is 16.1 Å². The minimum Gasteiger partial charge on any atom is -0.310 e. The number of rotatable bonds is 5. The van der Waals surface area contributed by atoms with E-state index in [0.29, 0.717) is 0 Å². The Hall–Kier alpha value is -2.89. The first-order chi connectivity index (χ1) is 16.9. The Labute approximate surface area is 219 Å². The van der Waals surface area contributed by atoms with Crippen molar-refractivity contribution in [3.8, 4) is 11.1 Å². The van der Waals surface area contributed by atoms with Crippen LogP contribution in [0.3, 0.4) is 0 Å². The van der Waals surface area contributed by atoms with Gasteiger partial charge in [-0.25, -0.2) is 0 Å². The van der Waals surface area contributed by atoms with Crippen LogP contribution in [0.15, 0.2) is 91.0 Å². The van der Waals surface area contributed by atoms with E-state index >= 15 is 0 Å². The van der Waals surface area contributed by atoms with Crippen LogP contribution in [0.1, 0.15) is 25.0 Å². The third-order valence-corrected chi connectivity index (χ3v) is 11.9. The monoisotopic (exact) mass is 505 g/mol. The first-order valence-electron chi connectivity index (χ1n) is 13.1. The molecule has 0 atom stereocenters. The van der Waals surface area contributed by atoms with Gasteiger partial charge in [-0.05, 0) is 58.7 Å². The molecule has 0 aromatic heterocycles. The average Bonchev–Trinajstić information content (AvgIpc) is 3.06. The number of fused-ring (bicyclic) bond motifs is 3. The predicted molar refractivity (Wildman–Crippen MR) is 165 cm³/mol. The summed E-state index contributed by atoms with van der Waals surface area (Å²) in [4.78, 5) is 2.43. The zero-order chi connectivity index (χ0) is 25.9. The zero-order valence-electron chi connectivity index (χ0n) is 23.1. The fraction of sp³-hybridized carbons (Fsp3) is 0.273. The summed E-state index contributed by atoms with van der Waals surface area (Å²) in [5, 5.41) is 2.98. The van der Waals surface area contributed by atoms with Crippen LogP contribution in [0.4, 0.5) is 17.1 Å². The fourth-order valence-electron chi connectivity index (χ4n) is 5.50. The molecule has 4 aromatic carbocycles. The molecule has 0 spiro atoms. The van der Waals surface area contributed by atoms with Crippen molar-refractivity contribution in [1.82, 2.24) is 0 Å². The largest absolute Gasteiger partial charge is 0.310 e. The molecule has 3 heteroatoms. The Balaban J connectivity index is 1.65. The lowest BCUT2D eigenvalue weighted by atomic mass is 9.82. The summed E-state index contributed by atoms with van der Waals surface area (Å²) in [5.74, 6) is 0. The van der Waals surface area contributed by atoms with Crippen LogP contribution in [0.5, 0.6) is 0 Å². The maximum Gasteiger partial charge on any atom is 0.0775 e. The molecule has 0 bridgehead atoms. The highest BCUT2D eigenvalue weighted by atomic mass is 28.3. The summed E-state index contributed by atoms with van der Waals surface area (Å²) in [6.45, 7) is 19.2. The van der Waals surface area contributed by atoms with Gasteiger partial charge >= 0.3 is 0 Å². The lowest BCUT2D eigenvalue weighted by Crippen LogP contribution is -2.37. The van der Waals surface area contributed by atoms with Crippen molar-refractivity contribution in [3.63, 3.8) is 0 Å². The molecule has 0 heterocycles. The molecular weight excluding hydrogens is 467 g/mol. The van der Waals surface area contributed by atoms with Crippen molar-refractivity contribution < 1.29 is 0 Å². The number of anilines is 3. The maximum atomic E-state index is 2.43. The highest BCUT2D eigenvalue weighted by molar-refractivity contribution is 6.89. The van der Waals surface area contributed by atoms with Gasteiger partial charge in [-0.2, -0.15) is 0 Å². The van der Waals surface area contributed by atoms with E-state index in [1.54, 1.807) is 0 Å². The molecule has 184 valence electrons. The molecule has 1 aliphatic carbocycles. The SMILES string of the molecule is CC1(C)c2ccccc2-c2ccc(N(c3ccc([Si](C)(C)C)cc3)c3ccc([Si](C)(C)C)cc3)cc21. The van der Waals surface area contributed by atoms with E-state index < -0.39 is 16.1 Å². The van der Waals surface area contributed by atoms with E-state index in [2.05, 4.69) is 149 Å². The number of nitrogens with zero attached hydrogens (tertiary/aromatic N) is 1. The number of hydrogen-bond acceptors (Lipinski definition) is 1. The quantitative estimate of drug-likeness (QED) is 0.246. The molecule has 1 aliphatic rings. The summed E-state index contributed by atoms with van der Waals surface area (Å²) in [5.41, 5.74) is 9.19. The number of benzene rings is 4. The van der Waals surface area contributed by atoms with Gasteiger partial charge in [-0.15, -0.1) is 0 Å². The summed E-state index contributed by atoms with van der Waals surface area (Å²) >= 11 is 0. The smallest absolute Gasteiger partial charge is 0.0775 e. The summed E-state index contributed by atoms with van der Waals surface area (Å²) < 4.78 is 0. The Kier molecular flexibility index (Phi) is 5.92. The second-order valence-electron chi connectivity index (χ2n) is 12.8. The first kappa shape index (κ1) is 24.8. The molecule has 0 aliphatic heterocycles. The van der Waals surface area contributed by atoms with Gasteiger partial charge in [0.2, 0.25) is 0 Å². The Morgan fingerprint density at radius 3 is 1.44 bits per heavy atom. The molecule has 4 aromatic rings. The Morgan fingerprint density at radius 2 is 0.944 bits per heavy atom. The molecule has 0 unspecified atom stereocenters. The molecular formula is C33H39NSi2. The predicted octanol–water partition coefficient (Wildman–Crippen LogP) is 8.55. The van der Waals surface area contributed by atoms with E-state index in [0.717, 1.165) is 0 Å². The van der Waals surface area contributed by atoms with E-state index in [1.807, 2.05) is 0 Å². The molecule has 0 fully saturated rings. The van der Waals surface area contributed by atoms with Crippen molar-refractivity contribution in [3.05, 3.63) is 102 Å². The number of hydrogen-bond donors (Lipinski definition) is 0. The molecule has 0 radical (unpaired) electrons. The molecule has 36 heavy (non-hydrogen) atoms. The third-order valence-electron chi connectivity index (χ3n) is 7.81. The van der Waals surface area contributed by atoms with Crippen molar-refractivity contribution in [2.45, 2.75) is 58.5 Å². The van der Waals surface area contributed by atoms with E-state index in [-0.39, 0.29) is 5.41 Å². The third kappa shape index (κ3) is 4.29. The topological polar surface area (TPSA) is 3.24 Å². The van der Waals surface area contributed by atoms with Gasteiger partial charge < -0.3 is 4.90 Å². The Bertz CT molecular complexity index is 1340. The average molecular weight is 506 g/mol. The molecule has 1 nitrogen and oxygen atoms in total. The highest BCUT2D eigenvalue weighted by Gasteiger charge is 2.35. The maximum absolute atomic E-state index is 2.43. The second-order valence-corrected chi connectivity index (χ2v) is 23.0. The van der Waals surface area contributed by atoms with E-state index in [9.17, 15) is 0 Å². The normalized spacial score (nSPS) is 14.3. The molecule has 0 saturated carbocycles. The van der Waals surface area contributed by atoms with E-state index in [1.165, 1.54) is 49.7 Å². The van der Waals surface area contributed by atoms with Gasteiger partial charge in [0.25, 0.3) is 0 Å². The van der Waals surface area contributed by atoms with Crippen LogP contribution < -0.4 is 15.3 Å². The Morgan fingerprint density at radius 1 is 0.500 bits per heavy atom. The van der Waals surface area contributed by atoms with E-state index in [4.69, 9.17) is 0 Å². The van der Waals surface area contributed by atoms with Gasteiger partial charge in [0, 0.05) is 22.5 Å². The van der Waals surface area contributed by atoms with Crippen LogP contribution >= 0.6 is 0 Å². The van der Waals surface area contributed by atoms with Crippen LogP contribution in [-0.2, 0) is 5.41 Å². The second kappa shape index (κ2) is 8.60.